The van der Waals surface area contributed by atoms with Crippen LogP contribution in [0.2, 0.25) is 0 Å². The van der Waals surface area contributed by atoms with E-state index in [4.69, 9.17) is 4.74 Å². The monoisotopic (exact) mass is 336 g/mol. The Balaban J connectivity index is 1.52. The average Bonchev–Trinajstić information content (AvgIpc) is 3.02. The first-order chi connectivity index (χ1) is 11.6. The van der Waals surface area contributed by atoms with Gasteiger partial charge in [-0.2, -0.15) is 0 Å². The molecule has 0 aliphatic carbocycles. The zero-order chi connectivity index (χ0) is 16.9. The molecular weight excluding hydrogens is 311 g/mol. The molecule has 24 heavy (non-hydrogen) atoms. The number of hydrogen-bond acceptors (Lipinski definition) is 4. The Hall–Kier alpha value is -1.50. The molecular formula is C18H25FN2O3. The van der Waals surface area contributed by atoms with Crippen molar-refractivity contribution in [2.75, 3.05) is 26.3 Å². The maximum Gasteiger partial charge on any atom is 0.234 e. The molecule has 5 nitrogen and oxygen atoms in total. The second kappa shape index (κ2) is 8.05. The number of halogens is 1. The Bertz CT molecular complexity index is 569. The highest BCUT2D eigenvalue weighted by molar-refractivity contribution is 5.78. The van der Waals surface area contributed by atoms with Crippen LogP contribution in [0.1, 0.15) is 24.8 Å². The number of carbonyl (C=O) groups excluding carboxylic acids is 1. The Morgan fingerprint density at radius 1 is 1.38 bits per heavy atom. The summed E-state index contributed by atoms with van der Waals surface area (Å²) in [7, 11) is 0. The highest BCUT2D eigenvalue weighted by Gasteiger charge is 2.38. The number of aliphatic hydroxyl groups excluding tert-OH is 1. The van der Waals surface area contributed by atoms with Gasteiger partial charge in [0.2, 0.25) is 5.91 Å². The topological polar surface area (TPSA) is 61.8 Å². The van der Waals surface area contributed by atoms with Crippen molar-refractivity contribution in [2.24, 2.45) is 5.92 Å². The zero-order valence-electron chi connectivity index (χ0n) is 13.8. The van der Waals surface area contributed by atoms with Gasteiger partial charge in [0.05, 0.1) is 19.3 Å². The van der Waals surface area contributed by atoms with Gasteiger partial charge in [-0.3, -0.25) is 9.69 Å². The lowest BCUT2D eigenvalue weighted by atomic mass is 9.89. The SMILES string of the molecule is O=C(CN1CCC[C@@H]1[C@H]1COCC[C@@H]1O)NCc1ccccc1F. The summed E-state index contributed by atoms with van der Waals surface area (Å²) >= 11 is 0. The summed E-state index contributed by atoms with van der Waals surface area (Å²) < 4.78 is 19.1. The van der Waals surface area contributed by atoms with Gasteiger partial charge in [-0.25, -0.2) is 4.39 Å². The molecule has 2 fully saturated rings. The Morgan fingerprint density at radius 2 is 2.21 bits per heavy atom. The molecule has 0 saturated carbocycles. The molecule has 2 aliphatic rings. The number of rotatable bonds is 5. The van der Waals surface area contributed by atoms with Gasteiger partial charge in [-0.1, -0.05) is 18.2 Å². The van der Waals surface area contributed by atoms with Crippen LogP contribution in [0.15, 0.2) is 24.3 Å². The summed E-state index contributed by atoms with van der Waals surface area (Å²) in [6, 6.07) is 6.63. The summed E-state index contributed by atoms with van der Waals surface area (Å²) in [4.78, 5) is 14.3. The fraction of sp³-hybridized carbons (Fsp3) is 0.611. The van der Waals surface area contributed by atoms with Gasteiger partial charge in [0.1, 0.15) is 5.82 Å². The smallest absolute Gasteiger partial charge is 0.234 e. The molecule has 2 aliphatic heterocycles. The average molecular weight is 336 g/mol. The summed E-state index contributed by atoms with van der Waals surface area (Å²) in [6.07, 6.45) is 2.31. The summed E-state index contributed by atoms with van der Waals surface area (Å²) in [5.74, 6) is -0.351. The normalized spacial score (nSPS) is 28.0. The molecule has 0 radical (unpaired) electrons. The van der Waals surface area contributed by atoms with Crippen molar-refractivity contribution in [3.8, 4) is 0 Å². The van der Waals surface area contributed by atoms with Gasteiger partial charge in [-0.15, -0.1) is 0 Å². The van der Waals surface area contributed by atoms with E-state index in [9.17, 15) is 14.3 Å². The minimum atomic E-state index is -0.356. The van der Waals surface area contributed by atoms with Gasteiger partial charge in [-0.05, 0) is 31.9 Å². The number of carbonyl (C=O) groups is 1. The highest BCUT2D eigenvalue weighted by atomic mass is 19.1. The van der Waals surface area contributed by atoms with Crippen molar-refractivity contribution >= 4 is 5.91 Å². The van der Waals surface area contributed by atoms with E-state index in [1.165, 1.54) is 6.07 Å². The molecule has 2 heterocycles. The fourth-order valence-corrected chi connectivity index (χ4v) is 3.73. The van der Waals surface area contributed by atoms with E-state index < -0.39 is 0 Å². The lowest BCUT2D eigenvalue weighted by Gasteiger charge is -2.36. The van der Waals surface area contributed by atoms with Crippen molar-refractivity contribution in [1.82, 2.24) is 10.2 Å². The molecule has 2 N–H and O–H groups in total. The van der Waals surface area contributed by atoms with Crippen molar-refractivity contribution < 1.29 is 19.0 Å². The number of likely N-dealkylation sites (tertiary alicyclic amines) is 1. The largest absolute Gasteiger partial charge is 0.393 e. The first kappa shape index (κ1) is 17.3. The lowest BCUT2D eigenvalue weighted by Crippen LogP contribution is -2.48. The van der Waals surface area contributed by atoms with Gasteiger partial charge < -0.3 is 15.2 Å². The standard InChI is InChI=1S/C18H25FN2O3/c19-15-5-2-1-4-13(15)10-20-18(23)11-21-8-3-6-16(21)14-12-24-9-7-17(14)22/h1-2,4-5,14,16-17,22H,3,6-12H2,(H,20,23)/t14-,16-,17+/m1/s1. The third-order valence-corrected chi connectivity index (χ3v) is 5.05. The molecule has 0 aromatic heterocycles. The van der Waals surface area contributed by atoms with E-state index in [0.29, 0.717) is 25.2 Å². The molecule has 0 unspecified atom stereocenters. The Kier molecular flexibility index (Phi) is 5.81. The second-order valence-electron chi connectivity index (χ2n) is 6.64. The van der Waals surface area contributed by atoms with Gasteiger partial charge in [0.25, 0.3) is 0 Å². The first-order valence-corrected chi connectivity index (χ1v) is 8.65. The summed E-state index contributed by atoms with van der Waals surface area (Å²) in [5, 5.41) is 13.0. The Morgan fingerprint density at radius 3 is 3.00 bits per heavy atom. The van der Waals surface area contributed by atoms with E-state index in [-0.39, 0.29) is 42.9 Å². The van der Waals surface area contributed by atoms with Crippen LogP contribution in [0.5, 0.6) is 0 Å². The number of amides is 1. The van der Waals surface area contributed by atoms with Crippen LogP contribution in [0.3, 0.4) is 0 Å². The summed E-state index contributed by atoms with van der Waals surface area (Å²) in [5.41, 5.74) is 0.486. The van der Waals surface area contributed by atoms with E-state index >= 15 is 0 Å². The minimum Gasteiger partial charge on any atom is -0.393 e. The van der Waals surface area contributed by atoms with Crippen LogP contribution in [0.25, 0.3) is 0 Å². The van der Waals surface area contributed by atoms with Crippen LogP contribution in [0, 0.1) is 11.7 Å². The van der Waals surface area contributed by atoms with Crippen LogP contribution in [0.4, 0.5) is 4.39 Å². The van der Waals surface area contributed by atoms with E-state index in [1.54, 1.807) is 18.2 Å². The van der Waals surface area contributed by atoms with E-state index in [2.05, 4.69) is 10.2 Å². The zero-order valence-corrected chi connectivity index (χ0v) is 13.8. The number of benzene rings is 1. The van der Waals surface area contributed by atoms with E-state index in [0.717, 1.165) is 19.4 Å². The van der Waals surface area contributed by atoms with Crippen LogP contribution < -0.4 is 5.32 Å². The number of nitrogens with one attached hydrogen (secondary N) is 1. The molecule has 1 amide bonds. The van der Waals surface area contributed by atoms with Crippen molar-refractivity contribution in [1.29, 1.82) is 0 Å². The first-order valence-electron chi connectivity index (χ1n) is 8.65. The van der Waals surface area contributed by atoms with Crippen molar-refractivity contribution in [2.45, 2.75) is 38.0 Å². The fourth-order valence-electron chi connectivity index (χ4n) is 3.73. The molecule has 1 aromatic rings. The van der Waals surface area contributed by atoms with Crippen LogP contribution in [-0.2, 0) is 16.1 Å². The number of nitrogens with zero attached hydrogens (tertiary/aromatic N) is 1. The molecule has 0 bridgehead atoms. The van der Waals surface area contributed by atoms with Gasteiger partial charge in [0, 0.05) is 30.7 Å². The minimum absolute atomic E-state index is 0.0700. The molecule has 6 heteroatoms. The highest BCUT2D eigenvalue weighted by Crippen LogP contribution is 2.29. The number of aliphatic hydroxyl groups is 1. The van der Waals surface area contributed by atoms with Crippen LogP contribution in [-0.4, -0.2) is 54.4 Å². The number of hydrogen-bond donors (Lipinski definition) is 2. The maximum atomic E-state index is 13.6. The maximum absolute atomic E-state index is 13.6. The van der Waals surface area contributed by atoms with Gasteiger partial charge in [0.15, 0.2) is 0 Å². The molecule has 2 saturated heterocycles. The summed E-state index contributed by atoms with van der Waals surface area (Å²) in [6.45, 7) is 2.48. The molecule has 3 rings (SSSR count). The molecule has 3 atom stereocenters. The molecule has 132 valence electrons. The molecule has 0 spiro atoms. The quantitative estimate of drug-likeness (QED) is 0.851. The van der Waals surface area contributed by atoms with E-state index in [1.807, 2.05) is 0 Å². The van der Waals surface area contributed by atoms with Crippen LogP contribution >= 0.6 is 0 Å². The van der Waals surface area contributed by atoms with Crippen molar-refractivity contribution in [3.63, 3.8) is 0 Å². The Labute approximate surface area is 141 Å². The molecule has 1 aromatic carbocycles. The lowest BCUT2D eigenvalue weighted by molar-refractivity contribution is -0.124. The number of ether oxygens (including phenoxy) is 1. The third-order valence-electron chi connectivity index (χ3n) is 5.05. The predicted octanol–water partition coefficient (Wildman–Crippen LogP) is 1.30. The third kappa shape index (κ3) is 4.12. The van der Waals surface area contributed by atoms with Crippen molar-refractivity contribution in [3.05, 3.63) is 35.6 Å². The predicted molar refractivity (Wildman–Crippen MR) is 87.8 cm³/mol. The second-order valence-corrected chi connectivity index (χ2v) is 6.64. The van der Waals surface area contributed by atoms with Gasteiger partial charge >= 0.3 is 0 Å².